The molecule has 0 amide bonds. The SMILES string of the molecule is COC(=O)C(C)CC1C(C=C(Cl)Cl)C1(C)C. The van der Waals surface area contributed by atoms with E-state index in [0.717, 1.165) is 6.42 Å². The minimum absolute atomic E-state index is 0.0678. The molecule has 3 atom stereocenters. The molecule has 1 aliphatic carbocycles. The summed E-state index contributed by atoms with van der Waals surface area (Å²) in [5, 5.41) is 0. The Morgan fingerprint density at radius 2 is 2.06 bits per heavy atom. The van der Waals surface area contributed by atoms with E-state index in [4.69, 9.17) is 27.9 Å². The van der Waals surface area contributed by atoms with Crippen molar-refractivity contribution in [2.75, 3.05) is 7.11 Å². The number of carbonyl (C=O) groups excluding carboxylic acids is 1. The van der Waals surface area contributed by atoms with Crippen LogP contribution in [0, 0.1) is 23.2 Å². The summed E-state index contributed by atoms with van der Waals surface area (Å²) in [7, 11) is 1.42. The van der Waals surface area contributed by atoms with Crippen molar-refractivity contribution in [3.8, 4) is 0 Å². The van der Waals surface area contributed by atoms with Gasteiger partial charge in [-0.1, -0.05) is 50.0 Å². The van der Waals surface area contributed by atoms with Crippen LogP contribution in [0.3, 0.4) is 0 Å². The molecule has 0 radical (unpaired) electrons. The zero-order valence-corrected chi connectivity index (χ0v) is 11.6. The predicted octanol–water partition coefficient (Wildman–Crippen LogP) is 3.78. The van der Waals surface area contributed by atoms with Gasteiger partial charge < -0.3 is 4.74 Å². The Morgan fingerprint density at radius 3 is 2.50 bits per heavy atom. The van der Waals surface area contributed by atoms with Crippen LogP contribution in [0.15, 0.2) is 10.6 Å². The average molecular weight is 265 g/mol. The summed E-state index contributed by atoms with van der Waals surface area (Å²) in [5.41, 5.74) is 0.178. The largest absolute Gasteiger partial charge is 0.469 e. The second-order valence-corrected chi connectivity index (χ2v) is 6.08. The quantitative estimate of drug-likeness (QED) is 0.723. The monoisotopic (exact) mass is 264 g/mol. The Morgan fingerprint density at radius 1 is 1.50 bits per heavy atom. The third kappa shape index (κ3) is 2.92. The van der Waals surface area contributed by atoms with Crippen molar-refractivity contribution in [2.45, 2.75) is 27.2 Å². The number of hydrogen-bond donors (Lipinski definition) is 0. The molecule has 0 aromatic carbocycles. The Kier molecular flexibility index (Phi) is 4.30. The highest BCUT2D eigenvalue weighted by atomic mass is 35.5. The molecule has 2 nitrogen and oxygen atoms in total. The topological polar surface area (TPSA) is 26.3 Å². The summed E-state index contributed by atoms with van der Waals surface area (Å²) >= 11 is 11.3. The van der Waals surface area contributed by atoms with E-state index in [2.05, 4.69) is 13.8 Å². The fourth-order valence-corrected chi connectivity index (χ4v) is 2.65. The van der Waals surface area contributed by atoms with E-state index in [-0.39, 0.29) is 17.3 Å². The first-order chi connectivity index (χ1) is 7.30. The number of carbonyl (C=O) groups is 1. The summed E-state index contributed by atoms with van der Waals surface area (Å²) < 4.78 is 5.03. The first kappa shape index (κ1) is 13.9. The third-order valence-electron chi connectivity index (χ3n) is 3.66. The highest BCUT2D eigenvalue weighted by Crippen LogP contribution is 2.62. The van der Waals surface area contributed by atoms with Crippen molar-refractivity contribution in [2.24, 2.45) is 23.2 Å². The van der Waals surface area contributed by atoms with Gasteiger partial charge in [-0.25, -0.2) is 0 Å². The first-order valence-corrected chi connectivity index (χ1v) is 6.17. The highest BCUT2D eigenvalue weighted by Gasteiger charge is 2.56. The van der Waals surface area contributed by atoms with Gasteiger partial charge in [-0.3, -0.25) is 4.79 Å². The van der Waals surface area contributed by atoms with Crippen LogP contribution in [0.5, 0.6) is 0 Å². The number of ether oxygens (including phenoxy) is 1. The highest BCUT2D eigenvalue weighted by molar-refractivity contribution is 6.55. The zero-order chi connectivity index (χ0) is 12.5. The lowest BCUT2D eigenvalue weighted by Gasteiger charge is -2.09. The number of allylic oxidation sites excluding steroid dienone is 1. The van der Waals surface area contributed by atoms with E-state index in [1.165, 1.54) is 7.11 Å². The summed E-state index contributed by atoms with van der Waals surface area (Å²) in [5.74, 6) is 0.600. The summed E-state index contributed by atoms with van der Waals surface area (Å²) in [6, 6.07) is 0. The minimum atomic E-state index is -0.151. The van der Waals surface area contributed by atoms with Gasteiger partial charge in [-0.2, -0.15) is 0 Å². The minimum Gasteiger partial charge on any atom is -0.469 e. The molecule has 0 heterocycles. The number of halogens is 2. The third-order valence-corrected chi connectivity index (χ3v) is 3.91. The summed E-state index contributed by atoms with van der Waals surface area (Å²) in [4.78, 5) is 11.3. The van der Waals surface area contributed by atoms with Crippen LogP contribution < -0.4 is 0 Å². The molecule has 3 unspecified atom stereocenters. The number of esters is 1. The molecule has 16 heavy (non-hydrogen) atoms. The van der Waals surface area contributed by atoms with Crippen LogP contribution in [0.2, 0.25) is 0 Å². The van der Waals surface area contributed by atoms with E-state index in [1.54, 1.807) is 0 Å². The fraction of sp³-hybridized carbons (Fsp3) is 0.750. The maximum atomic E-state index is 11.3. The molecule has 1 saturated carbocycles. The van der Waals surface area contributed by atoms with Gasteiger partial charge in [-0.05, 0) is 23.7 Å². The van der Waals surface area contributed by atoms with E-state index in [1.807, 2.05) is 13.0 Å². The van der Waals surface area contributed by atoms with Crippen LogP contribution in [-0.2, 0) is 9.53 Å². The van der Waals surface area contributed by atoms with Crippen molar-refractivity contribution in [1.29, 1.82) is 0 Å². The molecule has 1 aliphatic rings. The van der Waals surface area contributed by atoms with Gasteiger partial charge in [0.05, 0.1) is 13.0 Å². The molecule has 0 aromatic rings. The lowest BCUT2D eigenvalue weighted by atomic mass is 10.00. The average Bonchev–Trinajstić information content (AvgIpc) is 2.67. The Bertz CT molecular complexity index is 306. The summed E-state index contributed by atoms with van der Waals surface area (Å²) in [6.45, 7) is 6.22. The van der Waals surface area contributed by atoms with Crippen molar-refractivity contribution in [3.05, 3.63) is 10.6 Å². The van der Waals surface area contributed by atoms with Gasteiger partial charge in [-0.15, -0.1) is 0 Å². The van der Waals surface area contributed by atoms with Crippen molar-refractivity contribution in [1.82, 2.24) is 0 Å². The predicted molar refractivity (Wildman–Crippen MR) is 66.3 cm³/mol. The molecule has 92 valence electrons. The van der Waals surface area contributed by atoms with Gasteiger partial charge >= 0.3 is 5.97 Å². The lowest BCUT2D eigenvalue weighted by molar-refractivity contribution is -0.145. The Balaban J connectivity index is 2.58. The molecule has 0 bridgehead atoms. The molecule has 0 spiro atoms. The molecule has 1 fully saturated rings. The molecule has 4 heteroatoms. The lowest BCUT2D eigenvalue weighted by Crippen LogP contribution is -2.14. The maximum Gasteiger partial charge on any atom is 0.308 e. The van der Waals surface area contributed by atoms with Crippen molar-refractivity contribution >= 4 is 29.2 Å². The molecular weight excluding hydrogens is 247 g/mol. The van der Waals surface area contributed by atoms with Crippen molar-refractivity contribution in [3.63, 3.8) is 0 Å². The van der Waals surface area contributed by atoms with Gasteiger partial charge in [0.25, 0.3) is 0 Å². The molecule has 0 aromatic heterocycles. The molecule has 1 rings (SSSR count). The second kappa shape index (κ2) is 4.97. The van der Waals surface area contributed by atoms with Crippen LogP contribution in [0.1, 0.15) is 27.2 Å². The van der Waals surface area contributed by atoms with Crippen LogP contribution >= 0.6 is 23.2 Å². The molecule has 0 saturated heterocycles. The van der Waals surface area contributed by atoms with Gasteiger partial charge in [0.15, 0.2) is 0 Å². The number of hydrogen-bond acceptors (Lipinski definition) is 2. The maximum absolute atomic E-state index is 11.3. The van der Waals surface area contributed by atoms with Gasteiger partial charge in [0.1, 0.15) is 4.49 Å². The zero-order valence-electron chi connectivity index (χ0n) is 10.1. The van der Waals surface area contributed by atoms with Crippen LogP contribution in [0.4, 0.5) is 0 Å². The van der Waals surface area contributed by atoms with Gasteiger partial charge in [0.2, 0.25) is 0 Å². The van der Waals surface area contributed by atoms with E-state index in [0.29, 0.717) is 16.3 Å². The van der Waals surface area contributed by atoms with E-state index >= 15 is 0 Å². The molecular formula is C12H18Cl2O2. The molecule has 0 N–H and O–H groups in total. The number of methoxy groups -OCH3 is 1. The first-order valence-electron chi connectivity index (χ1n) is 5.41. The fourth-order valence-electron chi connectivity index (χ4n) is 2.38. The van der Waals surface area contributed by atoms with E-state index in [9.17, 15) is 4.79 Å². The summed E-state index contributed by atoms with van der Waals surface area (Å²) in [6.07, 6.45) is 2.69. The second-order valence-electron chi connectivity index (χ2n) is 5.07. The Labute approximate surface area is 107 Å². The van der Waals surface area contributed by atoms with Crippen LogP contribution in [0.25, 0.3) is 0 Å². The number of rotatable bonds is 4. The van der Waals surface area contributed by atoms with Crippen LogP contribution in [-0.4, -0.2) is 13.1 Å². The molecule has 0 aliphatic heterocycles. The Hall–Kier alpha value is -0.210. The standard InChI is InChI=1S/C12H18Cl2O2/c1-7(11(15)16-4)5-8-9(6-10(13)14)12(8,2)3/h6-9H,5H2,1-4H3. The van der Waals surface area contributed by atoms with E-state index < -0.39 is 0 Å². The van der Waals surface area contributed by atoms with Gasteiger partial charge in [0, 0.05) is 0 Å². The smallest absolute Gasteiger partial charge is 0.308 e. The normalized spacial score (nSPS) is 28.1. The van der Waals surface area contributed by atoms with Crippen molar-refractivity contribution < 1.29 is 9.53 Å².